The molecule has 0 aliphatic carbocycles. The molecule has 7 nitrogen and oxygen atoms in total. The van der Waals surface area contributed by atoms with E-state index < -0.39 is 15.9 Å². The lowest BCUT2D eigenvalue weighted by Crippen LogP contribution is -2.44. The Labute approximate surface area is 202 Å². The van der Waals surface area contributed by atoms with Gasteiger partial charge in [-0.1, -0.05) is 40.9 Å². The number of anilines is 1. The molecule has 1 fully saturated rings. The number of rotatable bonds is 7. The lowest BCUT2D eigenvalue weighted by molar-refractivity contribution is -0.120. The van der Waals surface area contributed by atoms with E-state index in [9.17, 15) is 13.2 Å². The minimum absolute atomic E-state index is 0.0858. The lowest BCUT2D eigenvalue weighted by Gasteiger charge is -2.31. The predicted molar refractivity (Wildman–Crippen MR) is 127 cm³/mol. The van der Waals surface area contributed by atoms with Gasteiger partial charge in [0.25, 0.3) is 0 Å². The second-order valence-electron chi connectivity index (χ2n) is 7.38. The summed E-state index contributed by atoms with van der Waals surface area (Å²) in [5.41, 5.74) is 0.929. The minimum atomic E-state index is -3.64. The maximum absolute atomic E-state index is 13.0. The molecule has 3 rings (SSSR count). The van der Waals surface area contributed by atoms with Crippen molar-refractivity contribution in [2.75, 3.05) is 32.6 Å². The summed E-state index contributed by atoms with van der Waals surface area (Å²) in [6, 6.07) is 7.84. The average Bonchev–Trinajstić information content (AvgIpc) is 2.77. The summed E-state index contributed by atoms with van der Waals surface area (Å²) in [5.74, 6) is -0.275. The van der Waals surface area contributed by atoms with E-state index in [1.54, 1.807) is 24.3 Å². The van der Waals surface area contributed by atoms with Gasteiger partial charge in [-0.2, -0.15) is 0 Å². The van der Waals surface area contributed by atoms with Crippen molar-refractivity contribution in [3.8, 4) is 11.5 Å². The zero-order valence-corrected chi connectivity index (χ0v) is 20.6. The highest BCUT2D eigenvalue weighted by atomic mass is 35.5. The van der Waals surface area contributed by atoms with Gasteiger partial charge in [-0.05, 0) is 30.5 Å². The first-order valence-corrected chi connectivity index (χ1v) is 12.5. The number of hydrogen-bond acceptors (Lipinski definition) is 5. The van der Waals surface area contributed by atoms with Crippen LogP contribution in [-0.2, 0) is 20.6 Å². The van der Waals surface area contributed by atoms with E-state index >= 15 is 0 Å². The van der Waals surface area contributed by atoms with Gasteiger partial charge in [0.05, 0.1) is 46.6 Å². The van der Waals surface area contributed by atoms with Crippen LogP contribution in [0.5, 0.6) is 11.5 Å². The summed E-state index contributed by atoms with van der Waals surface area (Å²) in [4.78, 5) is 12.9. The minimum Gasteiger partial charge on any atom is -0.495 e. The Balaban J connectivity index is 1.72. The molecule has 1 aliphatic heterocycles. The molecule has 1 amide bonds. The van der Waals surface area contributed by atoms with Gasteiger partial charge in [-0.3, -0.25) is 4.79 Å². The van der Waals surface area contributed by atoms with Crippen LogP contribution in [0.3, 0.4) is 0 Å². The zero-order chi connectivity index (χ0) is 23.5. The summed E-state index contributed by atoms with van der Waals surface area (Å²) in [7, 11) is -0.712. The summed E-state index contributed by atoms with van der Waals surface area (Å²) in [6.45, 7) is 0.439. The second-order valence-corrected chi connectivity index (χ2v) is 10.6. The molecule has 0 saturated carbocycles. The Kier molecular flexibility index (Phi) is 8.16. The van der Waals surface area contributed by atoms with Crippen molar-refractivity contribution in [3.05, 3.63) is 51.0 Å². The molecule has 174 valence electrons. The maximum atomic E-state index is 13.0. The van der Waals surface area contributed by atoms with Gasteiger partial charge < -0.3 is 14.8 Å². The van der Waals surface area contributed by atoms with Crippen LogP contribution in [0.25, 0.3) is 0 Å². The van der Waals surface area contributed by atoms with Gasteiger partial charge in [0.2, 0.25) is 15.9 Å². The van der Waals surface area contributed by atoms with Crippen LogP contribution in [0.1, 0.15) is 18.4 Å². The number of piperidine rings is 1. The third kappa shape index (κ3) is 5.80. The first-order valence-electron chi connectivity index (χ1n) is 9.78. The molecule has 1 saturated heterocycles. The monoisotopic (exact) mass is 520 g/mol. The number of halogens is 3. The first-order chi connectivity index (χ1) is 15.1. The summed E-state index contributed by atoms with van der Waals surface area (Å²) in [6.07, 6.45) is 1.14. The lowest BCUT2D eigenvalue weighted by atomic mass is 9.98. The Morgan fingerprint density at radius 3 is 2.44 bits per heavy atom. The van der Waals surface area contributed by atoms with E-state index in [1.807, 2.05) is 0 Å². The molecule has 1 N–H and O–H groups in total. The average molecular weight is 522 g/mol. The topological polar surface area (TPSA) is 84.9 Å². The van der Waals surface area contributed by atoms with Gasteiger partial charge in [-0.25, -0.2) is 12.7 Å². The number of hydrogen-bond donors (Lipinski definition) is 1. The van der Waals surface area contributed by atoms with Gasteiger partial charge >= 0.3 is 0 Å². The molecule has 2 aromatic rings. The van der Waals surface area contributed by atoms with Crippen molar-refractivity contribution in [2.45, 2.75) is 18.6 Å². The number of benzene rings is 2. The maximum Gasteiger partial charge on any atom is 0.228 e. The van der Waals surface area contributed by atoms with E-state index in [-0.39, 0.29) is 18.2 Å². The van der Waals surface area contributed by atoms with Crippen LogP contribution in [0.15, 0.2) is 30.3 Å². The molecule has 0 aromatic heterocycles. The Hall–Kier alpha value is -1.71. The fraction of sp³-hybridized carbons (Fsp3) is 0.381. The van der Waals surface area contributed by atoms with E-state index in [4.69, 9.17) is 44.3 Å². The van der Waals surface area contributed by atoms with E-state index in [2.05, 4.69) is 5.32 Å². The first kappa shape index (κ1) is 24.9. The number of ether oxygens (including phenoxy) is 2. The van der Waals surface area contributed by atoms with Gasteiger partial charge in [0.15, 0.2) is 0 Å². The van der Waals surface area contributed by atoms with Crippen molar-refractivity contribution < 1.29 is 22.7 Å². The van der Waals surface area contributed by atoms with Crippen LogP contribution in [0.4, 0.5) is 5.69 Å². The SMILES string of the molecule is COc1cc(NC(=O)C2CCCN(S(=O)(=O)Cc3ccc(Cl)c(Cl)c3)C2)c(OC)cc1Cl. The molecule has 0 bridgehead atoms. The van der Waals surface area contributed by atoms with Crippen molar-refractivity contribution in [1.29, 1.82) is 0 Å². The number of amides is 1. The summed E-state index contributed by atoms with van der Waals surface area (Å²) < 4.78 is 37.8. The highest BCUT2D eigenvalue weighted by molar-refractivity contribution is 7.88. The largest absolute Gasteiger partial charge is 0.495 e. The molecule has 0 radical (unpaired) electrons. The van der Waals surface area contributed by atoms with Crippen LogP contribution in [0, 0.1) is 5.92 Å². The predicted octanol–water partition coefficient (Wildman–Crippen LogP) is 4.84. The second kappa shape index (κ2) is 10.5. The fourth-order valence-corrected chi connectivity index (χ4v) is 5.68. The number of methoxy groups -OCH3 is 2. The number of nitrogens with zero attached hydrogens (tertiary/aromatic N) is 1. The molecule has 1 atom stereocenters. The molecule has 2 aromatic carbocycles. The van der Waals surface area contributed by atoms with Crippen molar-refractivity contribution in [2.24, 2.45) is 5.92 Å². The van der Waals surface area contributed by atoms with Crippen molar-refractivity contribution >= 4 is 56.4 Å². The number of nitrogens with one attached hydrogen (secondary N) is 1. The van der Waals surface area contributed by atoms with Crippen molar-refractivity contribution in [1.82, 2.24) is 4.31 Å². The van der Waals surface area contributed by atoms with Gasteiger partial charge in [0.1, 0.15) is 11.5 Å². The van der Waals surface area contributed by atoms with Crippen LogP contribution >= 0.6 is 34.8 Å². The van der Waals surface area contributed by atoms with Crippen molar-refractivity contribution in [3.63, 3.8) is 0 Å². The molecular weight excluding hydrogens is 499 g/mol. The van der Waals surface area contributed by atoms with Gasteiger partial charge in [-0.15, -0.1) is 0 Å². The molecule has 32 heavy (non-hydrogen) atoms. The normalized spacial score (nSPS) is 17.1. The highest BCUT2D eigenvalue weighted by Crippen LogP contribution is 2.36. The van der Waals surface area contributed by atoms with Crippen LogP contribution < -0.4 is 14.8 Å². The highest BCUT2D eigenvalue weighted by Gasteiger charge is 2.33. The number of carbonyl (C=O) groups is 1. The van der Waals surface area contributed by atoms with Gasteiger partial charge in [0, 0.05) is 25.2 Å². The standard InChI is InChI=1S/C21H23Cl3N2O5S/c1-30-19-10-18(20(31-2)9-17(19)24)25-21(27)14-4-3-7-26(11-14)32(28,29)12-13-5-6-15(22)16(23)8-13/h5-6,8-10,14H,3-4,7,11-12H2,1-2H3,(H,25,27). The third-order valence-electron chi connectivity index (χ3n) is 5.21. The molecule has 1 heterocycles. The van der Waals surface area contributed by atoms with E-state index in [0.717, 1.165) is 0 Å². The quantitative estimate of drug-likeness (QED) is 0.563. The Morgan fingerprint density at radius 1 is 1.06 bits per heavy atom. The fourth-order valence-electron chi connectivity index (χ4n) is 3.53. The van der Waals surface area contributed by atoms with Crippen LogP contribution in [-0.4, -0.2) is 45.9 Å². The molecular formula is C21H23Cl3N2O5S. The Morgan fingerprint density at radius 2 is 1.78 bits per heavy atom. The number of carbonyl (C=O) groups excluding carboxylic acids is 1. The smallest absolute Gasteiger partial charge is 0.228 e. The molecule has 1 aliphatic rings. The summed E-state index contributed by atoms with van der Waals surface area (Å²) in [5, 5.41) is 3.81. The van der Waals surface area contributed by atoms with E-state index in [1.165, 1.54) is 24.6 Å². The molecule has 11 heteroatoms. The summed E-state index contributed by atoms with van der Waals surface area (Å²) >= 11 is 18.0. The molecule has 0 spiro atoms. The Bertz CT molecular complexity index is 1110. The van der Waals surface area contributed by atoms with Crippen LogP contribution in [0.2, 0.25) is 15.1 Å². The number of sulfonamides is 1. The third-order valence-corrected chi connectivity index (χ3v) is 8.06. The molecule has 1 unspecified atom stereocenters. The van der Waals surface area contributed by atoms with E-state index in [0.29, 0.717) is 57.2 Å². The zero-order valence-electron chi connectivity index (χ0n) is 17.5.